The number of halogens is 1. The maximum atomic E-state index is 5.77. The zero-order valence-electron chi connectivity index (χ0n) is 7.44. The van der Waals surface area contributed by atoms with E-state index in [1.165, 1.54) is 12.8 Å². The summed E-state index contributed by atoms with van der Waals surface area (Å²) in [6, 6.07) is 1.85. The molecule has 0 aromatic carbocycles. The van der Waals surface area contributed by atoms with Gasteiger partial charge in [0.05, 0.1) is 4.47 Å². The highest BCUT2D eigenvalue weighted by atomic mass is 79.9. The van der Waals surface area contributed by atoms with Crippen LogP contribution in [-0.2, 0) is 0 Å². The lowest BCUT2D eigenvalue weighted by molar-refractivity contribution is 0.898. The van der Waals surface area contributed by atoms with Crippen molar-refractivity contribution in [2.24, 2.45) is 0 Å². The summed E-state index contributed by atoms with van der Waals surface area (Å²) in [4.78, 5) is 0. The van der Waals surface area contributed by atoms with Gasteiger partial charge in [-0.15, -0.1) is 10.2 Å². The molecule has 3 rings (SSSR count). The molecule has 72 valence electrons. The number of nitrogens with zero attached hydrogens (tertiary/aromatic N) is 3. The summed E-state index contributed by atoms with van der Waals surface area (Å²) in [7, 11) is 0. The van der Waals surface area contributed by atoms with Crippen LogP contribution in [0, 0.1) is 0 Å². The molecule has 4 nitrogen and oxygen atoms in total. The van der Waals surface area contributed by atoms with Gasteiger partial charge in [0.2, 0.25) is 0 Å². The maximum Gasteiger partial charge on any atom is 0.175 e. The largest absolute Gasteiger partial charge is 0.397 e. The normalized spacial score (nSPS) is 16.4. The van der Waals surface area contributed by atoms with Gasteiger partial charge in [-0.1, -0.05) is 0 Å². The third-order valence-corrected chi connectivity index (χ3v) is 3.03. The number of hydrogen-bond donors (Lipinski definition) is 1. The molecule has 2 N–H and O–H groups in total. The van der Waals surface area contributed by atoms with Crippen LogP contribution in [0.15, 0.2) is 16.7 Å². The molecular formula is C9H9BrN4. The fourth-order valence-electron chi connectivity index (χ4n) is 1.61. The Hall–Kier alpha value is -1.10. The summed E-state index contributed by atoms with van der Waals surface area (Å²) in [5, 5.41) is 8.32. The number of nitrogens with two attached hydrogens (primary N) is 1. The van der Waals surface area contributed by atoms with E-state index in [-0.39, 0.29) is 0 Å². The molecule has 1 saturated carbocycles. The second-order valence-corrected chi connectivity index (χ2v) is 4.50. The Morgan fingerprint density at radius 3 is 2.93 bits per heavy atom. The predicted molar refractivity (Wildman–Crippen MR) is 57.1 cm³/mol. The van der Waals surface area contributed by atoms with E-state index >= 15 is 0 Å². The Labute approximate surface area is 89.3 Å². The van der Waals surface area contributed by atoms with Crippen LogP contribution in [0.1, 0.15) is 24.6 Å². The van der Waals surface area contributed by atoms with Crippen LogP contribution in [0.2, 0.25) is 0 Å². The molecule has 14 heavy (non-hydrogen) atoms. The monoisotopic (exact) mass is 252 g/mol. The topological polar surface area (TPSA) is 56.2 Å². The van der Waals surface area contributed by atoms with E-state index in [0.29, 0.717) is 5.92 Å². The predicted octanol–water partition coefficient (Wildman–Crippen LogP) is 1.95. The third kappa shape index (κ3) is 1.12. The number of aromatic nitrogens is 3. The number of hydrogen-bond acceptors (Lipinski definition) is 3. The Morgan fingerprint density at radius 1 is 1.43 bits per heavy atom. The molecule has 1 fully saturated rings. The number of rotatable bonds is 1. The molecule has 0 bridgehead atoms. The van der Waals surface area contributed by atoms with Gasteiger partial charge in [0.25, 0.3) is 0 Å². The van der Waals surface area contributed by atoms with Crippen molar-refractivity contribution < 1.29 is 0 Å². The Morgan fingerprint density at radius 2 is 2.21 bits per heavy atom. The molecule has 2 heterocycles. The first kappa shape index (κ1) is 8.23. The lowest BCUT2D eigenvalue weighted by Gasteiger charge is -2.00. The SMILES string of the molecule is Nc1cc(Br)c2nnc(C3CC3)n2c1. The lowest BCUT2D eigenvalue weighted by Crippen LogP contribution is -1.95. The van der Waals surface area contributed by atoms with Crippen LogP contribution in [0.5, 0.6) is 0 Å². The van der Waals surface area contributed by atoms with Crippen LogP contribution in [0.4, 0.5) is 5.69 Å². The molecule has 2 aromatic rings. The lowest BCUT2D eigenvalue weighted by atomic mass is 10.3. The van der Waals surface area contributed by atoms with E-state index in [2.05, 4.69) is 26.1 Å². The smallest absolute Gasteiger partial charge is 0.175 e. The van der Waals surface area contributed by atoms with Crippen molar-refractivity contribution in [1.29, 1.82) is 0 Å². The second-order valence-electron chi connectivity index (χ2n) is 3.65. The number of fused-ring (bicyclic) bond motifs is 1. The zero-order valence-corrected chi connectivity index (χ0v) is 9.03. The average Bonchev–Trinajstić information content (AvgIpc) is 2.87. The molecule has 0 amide bonds. The van der Waals surface area contributed by atoms with Crippen molar-refractivity contribution in [3.8, 4) is 0 Å². The molecule has 0 atom stereocenters. The van der Waals surface area contributed by atoms with Crippen LogP contribution in [0.3, 0.4) is 0 Å². The Kier molecular flexibility index (Phi) is 1.58. The fraction of sp³-hybridized carbons (Fsp3) is 0.333. The molecule has 0 spiro atoms. The Bertz CT molecular complexity index is 501. The van der Waals surface area contributed by atoms with E-state index < -0.39 is 0 Å². The van der Waals surface area contributed by atoms with E-state index in [1.807, 2.05) is 16.7 Å². The number of anilines is 1. The fourth-order valence-corrected chi connectivity index (χ4v) is 2.15. The summed E-state index contributed by atoms with van der Waals surface area (Å²) < 4.78 is 2.88. The van der Waals surface area contributed by atoms with Gasteiger partial charge in [0.15, 0.2) is 5.65 Å². The number of pyridine rings is 1. The van der Waals surface area contributed by atoms with Crippen LogP contribution in [0.25, 0.3) is 5.65 Å². The van der Waals surface area contributed by atoms with E-state index in [1.54, 1.807) is 0 Å². The summed E-state index contributed by atoms with van der Waals surface area (Å²) >= 11 is 3.43. The molecule has 2 aromatic heterocycles. The van der Waals surface area contributed by atoms with E-state index in [9.17, 15) is 0 Å². The van der Waals surface area contributed by atoms with E-state index in [4.69, 9.17) is 5.73 Å². The zero-order chi connectivity index (χ0) is 9.71. The van der Waals surface area contributed by atoms with Crippen molar-refractivity contribution in [2.75, 3.05) is 5.73 Å². The summed E-state index contributed by atoms with van der Waals surface area (Å²) in [5.41, 5.74) is 7.34. The van der Waals surface area contributed by atoms with Crippen LogP contribution in [-0.4, -0.2) is 14.6 Å². The minimum Gasteiger partial charge on any atom is -0.397 e. The highest BCUT2D eigenvalue weighted by Crippen LogP contribution is 2.39. The van der Waals surface area contributed by atoms with Crippen molar-refractivity contribution in [3.05, 3.63) is 22.6 Å². The molecular weight excluding hydrogens is 244 g/mol. The molecule has 5 heteroatoms. The first-order valence-corrected chi connectivity index (χ1v) is 5.34. The van der Waals surface area contributed by atoms with Gasteiger partial charge in [0, 0.05) is 17.8 Å². The number of nitrogen functional groups attached to an aromatic ring is 1. The van der Waals surface area contributed by atoms with Crippen LogP contribution >= 0.6 is 15.9 Å². The van der Waals surface area contributed by atoms with Crippen molar-refractivity contribution in [2.45, 2.75) is 18.8 Å². The molecule has 0 radical (unpaired) electrons. The highest BCUT2D eigenvalue weighted by molar-refractivity contribution is 9.10. The highest BCUT2D eigenvalue weighted by Gasteiger charge is 2.28. The van der Waals surface area contributed by atoms with Crippen molar-refractivity contribution in [1.82, 2.24) is 14.6 Å². The first-order valence-electron chi connectivity index (χ1n) is 4.55. The van der Waals surface area contributed by atoms with Crippen molar-refractivity contribution >= 4 is 27.3 Å². The summed E-state index contributed by atoms with van der Waals surface area (Å²) in [6.07, 6.45) is 4.31. The third-order valence-electron chi connectivity index (χ3n) is 2.45. The minimum atomic E-state index is 0.582. The molecule has 1 aliphatic rings. The molecule has 0 saturated heterocycles. The van der Waals surface area contributed by atoms with Gasteiger partial charge in [-0.2, -0.15) is 0 Å². The summed E-state index contributed by atoms with van der Waals surface area (Å²) in [6.45, 7) is 0. The average molecular weight is 253 g/mol. The van der Waals surface area contributed by atoms with Crippen molar-refractivity contribution in [3.63, 3.8) is 0 Å². The van der Waals surface area contributed by atoms with E-state index in [0.717, 1.165) is 21.6 Å². The Balaban J connectivity index is 2.33. The van der Waals surface area contributed by atoms with Gasteiger partial charge in [0.1, 0.15) is 5.82 Å². The summed E-state index contributed by atoms with van der Waals surface area (Å²) in [5.74, 6) is 1.62. The first-order chi connectivity index (χ1) is 6.75. The maximum absolute atomic E-state index is 5.77. The van der Waals surface area contributed by atoms with Gasteiger partial charge in [-0.05, 0) is 34.8 Å². The van der Waals surface area contributed by atoms with Gasteiger partial charge in [-0.25, -0.2) is 0 Å². The molecule has 0 aliphatic heterocycles. The van der Waals surface area contributed by atoms with Gasteiger partial charge >= 0.3 is 0 Å². The second kappa shape index (κ2) is 2.70. The van der Waals surface area contributed by atoms with Crippen LogP contribution < -0.4 is 5.73 Å². The quantitative estimate of drug-likeness (QED) is 0.845. The molecule has 1 aliphatic carbocycles. The van der Waals surface area contributed by atoms with Gasteiger partial charge in [-0.3, -0.25) is 4.40 Å². The minimum absolute atomic E-state index is 0.582. The van der Waals surface area contributed by atoms with Gasteiger partial charge < -0.3 is 5.73 Å². The molecule has 0 unspecified atom stereocenters. The standard InChI is InChI=1S/C9H9BrN4/c10-7-3-6(11)4-14-8(5-1-2-5)12-13-9(7)14/h3-5H,1-2,11H2.